The molecule has 3 N–H and O–H groups in total. The molecule has 3 aliphatic rings. The van der Waals surface area contributed by atoms with Crippen molar-refractivity contribution in [1.82, 2.24) is 15.5 Å². The third-order valence-corrected chi connectivity index (χ3v) is 8.21. The Hall–Kier alpha value is -1.67. The smallest absolute Gasteiger partial charge is 0.246 e. The minimum atomic E-state index is -1.06. The number of hydrogen-bond donors (Lipinski definition) is 3. The van der Waals surface area contributed by atoms with Crippen molar-refractivity contribution in [2.24, 2.45) is 17.3 Å². The fraction of sp³-hybridized carbons (Fsp3) is 0.889. The molecular formula is C27H47N3O5. The number of rotatable bonds is 10. The summed E-state index contributed by atoms with van der Waals surface area (Å²) in [6, 6.07) is -1.39. The Morgan fingerprint density at radius 3 is 2.31 bits per heavy atom. The van der Waals surface area contributed by atoms with Gasteiger partial charge in [-0.25, -0.2) is 0 Å². The molecule has 0 aliphatic carbocycles. The summed E-state index contributed by atoms with van der Waals surface area (Å²) in [5.74, 6) is -2.04. The number of nitrogens with zero attached hydrogens (tertiary/aromatic N) is 1. The Labute approximate surface area is 210 Å². The normalized spacial score (nSPS) is 33.1. The van der Waals surface area contributed by atoms with Gasteiger partial charge in [-0.15, -0.1) is 0 Å². The largest absolute Gasteiger partial charge is 0.394 e. The van der Waals surface area contributed by atoms with Crippen LogP contribution in [0.2, 0.25) is 0 Å². The lowest BCUT2D eigenvalue weighted by Gasteiger charge is -2.40. The first-order valence-corrected chi connectivity index (χ1v) is 13.5. The summed E-state index contributed by atoms with van der Waals surface area (Å²) in [7, 11) is 0. The summed E-state index contributed by atoms with van der Waals surface area (Å²) in [6.07, 6.45) is 3.84. The zero-order chi connectivity index (χ0) is 26.4. The standard InChI is InChI=1S/C27H47N3O5/c1-9-14-28-21(32)18-19-23(34)30(17(10-2)15-31)20(27(19)13-12-26(18,11-3)35-27)22(33)29-25(7,8)16-24(4,5)6/h17-20,31H,9-16H2,1-8H3,(H,28,32)(H,29,33)/t17-,18+,19-,20?,26-,27?/m0/s1. The molecule has 3 fully saturated rings. The third kappa shape index (κ3) is 4.73. The predicted molar refractivity (Wildman–Crippen MR) is 134 cm³/mol. The van der Waals surface area contributed by atoms with Crippen molar-refractivity contribution in [2.75, 3.05) is 13.2 Å². The topological polar surface area (TPSA) is 108 Å². The maximum absolute atomic E-state index is 14.1. The monoisotopic (exact) mass is 493 g/mol. The van der Waals surface area contributed by atoms with Crippen molar-refractivity contribution in [3.05, 3.63) is 0 Å². The van der Waals surface area contributed by atoms with Gasteiger partial charge in [-0.2, -0.15) is 0 Å². The van der Waals surface area contributed by atoms with Crippen LogP contribution in [0.3, 0.4) is 0 Å². The second-order valence-corrected chi connectivity index (χ2v) is 12.7. The molecule has 8 heteroatoms. The van der Waals surface area contributed by atoms with Crippen molar-refractivity contribution in [1.29, 1.82) is 0 Å². The highest BCUT2D eigenvalue weighted by molar-refractivity contribution is 5.99. The lowest BCUT2D eigenvalue weighted by atomic mass is 9.65. The van der Waals surface area contributed by atoms with E-state index in [9.17, 15) is 19.5 Å². The third-order valence-electron chi connectivity index (χ3n) is 8.21. The molecular weight excluding hydrogens is 446 g/mol. The molecule has 0 aromatic heterocycles. The van der Waals surface area contributed by atoms with E-state index < -0.39 is 40.7 Å². The Morgan fingerprint density at radius 1 is 1.14 bits per heavy atom. The first kappa shape index (κ1) is 27.9. The van der Waals surface area contributed by atoms with Crippen LogP contribution >= 0.6 is 0 Å². The molecule has 8 nitrogen and oxygen atoms in total. The number of likely N-dealkylation sites (tertiary alicyclic amines) is 1. The highest BCUT2D eigenvalue weighted by Gasteiger charge is 2.79. The van der Waals surface area contributed by atoms with Crippen LogP contribution in [0.1, 0.15) is 93.9 Å². The van der Waals surface area contributed by atoms with Gasteiger partial charge < -0.3 is 25.4 Å². The van der Waals surface area contributed by atoms with Crippen molar-refractivity contribution in [3.63, 3.8) is 0 Å². The number of aliphatic hydroxyl groups excluding tert-OH is 1. The molecule has 2 unspecified atom stereocenters. The molecule has 3 rings (SSSR count). The number of ether oxygens (including phenoxy) is 1. The molecule has 0 saturated carbocycles. The summed E-state index contributed by atoms with van der Waals surface area (Å²) < 4.78 is 6.76. The lowest BCUT2D eigenvalue weighted by molar-refractivity contribution is -0.151. The van der Waals surface area contributed by atoms with E-state index in [0.29, 0.717) is 32.2 Å². The maximum Gasteiger partial charge on any atom is 0.246 e. The highest BCUT2D eigenvalue weighted by Crippen LogP contribution is 2.64. The average molecular weight is 494 g/mol. The molecule has 3 aliphatic heterocycles. The number of hydrogen-bond acceptors (Lipinski definition) is 5. The first-order valence-electron chi connectivity index (χ1n) is 13.5. The van der Waals surface area contributed by atoms with Gasteiger partial charge in [-0.3, -0.25) is 14.4 Å². The van der Waals surface area contributed by atoms with Crippen molar-refractivity contribution < 1.29 is 24.2 Å². The molecule has 3 heterocycles. The molecule has 0 aromatic carbocycles. The van der Waals surface area contributed by atoms with Crippen LogP contribution in [0.4, 0.5) is 0 Å². The van der Waals surface area contributed by atoms with Gasteiger partial charge in [-0.05, 0) is 57.8 Å². The van der Waals surface area contributed by atoms with Gasteiger partial charge >= 0.3 is 0 Å². The summed E-state index contributed by atoms with van der Waals surface area (Å²) in [5.41, 5.74) is -2.32. The number of aliphatic hydroxyl groups is 1. The molecule has 3 saturated heterocycles. The summed E-state index contributed by atoms with van der Waals surface area (Å²) in [4.78, 5) is 43.1. The highest BCUT2D eigenvalue weighted by atomic mass is 16.5. The molecule has 1 spiro atoms. The van der Waals surface area contributed by atoms with Gasteiger partial charge in [-0.1, -0.05) is 41.5 Å². The van der Waals surface area contributed by atoms with E-state index in [0.717, 1.165) is 12.8 Å². The first-order chi connectivity index (χ1) is 16.2. The summed E-state index contributed by atoms with van der Waals surface area (Å²) in [6.45, 7) is 16.6. The molecule has 0 radical (unpaired) electrons. The van der Waals surface area contributed by atoms with Crippen LogP contribution in [0.25, 0.3) is 0 Å². The molecule has 6 atom stereocenters. The summed E-state index contributed by atoms with van der Waals surface area (Å²) in [5, 5.41) is 16.4. The van der Waals surface area contributed by atoms with Gasteiger partial charge in [0.25, 0.3) is 0 Å². The second kappa shape index (κ2) is 9.66. The van der Waals surface area contributed by atoms with Crippen molar-refractivity contribution >= 4 is 17.7 Å². The average Bonchev–Trinajstić information content (AvgIpc) is 3.35. The Kier molecular flexibility index (Phi) is 7.70. The summed E-state index contributed by atoms with van der Waals surface area (Å²) >= 11 is 0. The maximum atomic E-state index is 14.1. The van der Waals surface area contributed by atoms with E-state index in [1.54, 1.807) is 4.90 Å². The SMILES string of the molecule is CCCNC(=O)[C@H]1[C@H]2C(=O)N([C@@H](CC)CO)C(C(=O)NC(C)(C)CC(C)(C)C)C23CC[C@]1(CC)O3. The van der Waals surface area contributed by atoms with Gasteiger partial charge in [0, 0.05) is 12.1 Å². The molecule has 2 bridgehead atoms. The van der Waals surface area contributed by atoms with Crippen LogP contribution in [0.5, 0.6) is 0 Å². The van der Waals surface area contributed by atoms with Crippen LogP contribution in [0.15, 0.2) is 0 Å². The zero-order valence-corrected chi connectivity index (χ0v) is 23.0. The fourth-order valence-electron chi connectivity index (χ4n) is 7.29. The van der Waals surface area contributed by atoms with Gasteiger partial charge in [0.05, 0.1) is 30.1 Å². The Bertz CT molecular complexity index is 833. The number of carbonyl (C=O) groups is 3. The van der Waals surface area contributed by atoms with Gasteiger partial charge in [0.1, 0.15) is 11.6 Å². The van der Waals surface area contributed by atoms with Crippen LogP contribution in [0, 0.1) is 17.3 Å². The second-order valence-electron chi connectivity index (χ2n) is 12.7. The number of fused-ring (bicyclic) bond motifs is 1. The fourth-order valence-corrected chi connectivity index (χ4v) is 7.29. The number of carbonyl (C=O) groups excluding carboxylic acids is 3. The quantitative estimate of drug-likeness (QED) is 0.434. The van der Waals surface area contributed by atoms with Crippen LogP contribution < -0.4 is 10.6 Å². The molecule has 0 aromatic rings. The zero-order valence-electron chi connectivity index (χ0n) is 23.0. The minimum absolute atomic E-state index is 0.00310. The van der Waals surface area contributed by atoms with E-state index in [1.165, 1.54) is 0 Å². The van der Waals surface area contributed by atoms with E-state index in [-0.39, 0.29) is 29.7 Å². The van der Waals surface area contributed by atoms with Gasteiger partial charge in [0.2, 0.25) is 17.7 Å². The van der Waals surface area contributed by atoms with Crippen molar-refractivity contribution in [3.8, 4) is 0 Å². The van der Waals surface area contributed by atoms with E-state index >= 15 is 0 Å². The van der Waals surface area contributed by atoms with Crippen LogP contribution in [-0.2, 0) is 19.1 Å². The van der Waals surface area contributed by atoms with E-state index in [2.05, 4.69) is 31.4 Å². The Balaban J connectivity index is 2.06. The van der Waals surface area contributed by atoms with E-state index in [1.807, 2.05) is 34.6 Å². The Morgan fingerprint density at radius 2 is 1.80 bits per heavy atom. The lowest BCUT2D eigenvalue weighted by Crippen LogP contribution is -2.61. The minimum Gasteiger partial charge on any atom is -0.394 e. The molecule has 35 heavy (non-hydrogen) atoms. The van der Waals surface area contributed by atoms with Crippen molar-refractivity contribution in [2.45, 2.75) is 123 Å². The number of amides is 3. The predicted octanol–water partition coefficient (Wildman–Crippen LogP) is 2.77. The van der Waals surface area contributed by atoms with Crippen LogP contribution in [-0.4, -0.2) is 69.7 Å². The molecule has 3 amide bonds. The number of nitrogens with one attached hydrogen (secondary N) is 2. The van der Waals surface area contributed by atoms with E-state index in [4.69, 9.17) is 4.74 Å². The molecule has 200 valence electrons. The van der Waals surface area contributed by atoms with Gasteiger partial charge in [0.15, 0.2) is 0 Å².